The van der Waals surface area contributed by atoms with E-state index < -0.39 is 16.9 Å². The van der Waals surface area contributed by atoms with Crippen LogP contribution in [0.15, 0.2) is 15.8 Å². The first-order valence-corrected chi connectivity index (χ1v) is 3.58. The van der Waals surface area contributed by atoms with Gasteiger partial charge in [0.25, 0.3) is 0 Å². The van der Waals surface area contributed by atoms with Crippen molar-refractivity contribution in [1.82, 2.24) is 5.43 Å². The van der Waals surface area contributed by atoms with Crippen molar-refractivity contribution in [2.75, 3.05) is 13.7 Å². The Bertz CT molecular complexity index is 272. The fourth-order valence-corrected chi connectivity index (χ4v) is 0.982. The SMILES string of the molecule is COCC1=C(Cl)C(C(F)(F)F)=N[N]1. The van der Waals surface area contributed by atoms with Gasteiger partial charge in [0, 0.05) is 7.11 Å². The van der Waals surface area contributed by atoms with Gasteiger partial charge in [-0.15, -0.1) is 5.10 Å². The third-order valence-electron chi connectivity index (χ3n) is 1.28. The molecule has 0 aromatic heterocycles. The summed E-state index contributed by atoms with van der Waals surface area (Å²) in [6.07, 6.45) is -4.56. The minimum absolute atomic E-state index is 0.00325. The number of halogens is 4. The van der Waals surface area contributed by atoms with E-state index in [0.29, 0.717) is 0 Å². The zero-order chi connectivity index (χ0) is 10.1. The molecule has 0 spiro atoms. The van der Waals surface area contributed by atoms with E-state index in [4.69, 9.17) is 11.6 Å². The first-order valence-electron chi connectivity index (χ1n) is 3.20. The van der Waals surface area contributed by atoms with E-state index >= 15 is 0 Å². The fraction of sp³-hybridized carbons (Fsp3) is 0.500. The maximum absolute atomic E-state index is 12.1. The van der Waals surface area contributed by atoms with Crippen LogP contribution < -0.4 is 5.43 Å². The molecular weight excluding hydrogens is 209 g/mol. The minimum atomic E-state index is -4.56. The number of ether oxygens (including phenoxy) is 1. The third kappa shape index (κ3) is 2.13. The van der Waals surface area contributed by atoms with Gasteiger partial charge in [0.15, 0.2) is 5.71 Å². The van der Waals surface area contributed by atoms with Gasteiger partial charge in [-0.05, 0) is 0 Å². The average Bonchev–Trinajstić information content (AvgIpc) is 2.32. The number of hydrogen-bond donors (Lipinski definition) is 0. The van der Waals surface area contributed by atoms with E-state index in [0.717, 1.165) is 0 Å². The van der Waals surface area contributed by atoms with Crippen LogP contribution >= 0.6 is 11.6 Å². The molecule has 0 bridgehead atoms. The second-order valence-corrected chi connectivity index (χ2v) is 2.62. The standard InChI is InChI=1S/C6H5ClF3N2O/c1-13-2-3-4(7)5(12-11-3)6(8,9)10/h2H2,1H3. The first kappa shape index (κ1) is 10.3. The van der Waals surface area contributed by atoms with Crippen LogP contribution in [0.3, 0.4) is 0 Å². The van der Waals surface area contributed by atoms with E-state index in [-0.39, 0.29) is 12.3 Å². The molecule has 0 atom stereocenters. The van der Waals surface area contributed by atoms with Gasteiger partial charge in [0.05, 0.1) is 11.6 Å². The van der Waals surface area contributed by atoms with Crippen LogP contribution in [-0.2, 0) is 4.74 Å². The van der Waals surface area contributed by atoms with Crippen LogP contribution in [0.1, 0.15) is 0 Å². The lowest BCUT2D eigenvalue weighted by molar-refractivity contribution is -0.0579. The number of rotatable bonds is 2. The Balaban J connectivity index is 2.83. The number of alkyl halides is 3. The van der Waals surface area contributed by atoms with E-state index in [1.54, 1.807) is 0 Å². The monoisotopic (exact) mass is 213 g/mol. The normalized spacial score (nSPS) is 17.5. The molecule has 73 valence electrons. The van der Waals surface area contributed by atoms with E-state index in [1.165, 1.54) is 7.11 Å². The maximum Gasteiger partial charge on any atom is 0.436 e. The Morgan fingerprint density at radius 1 is 1.46 bits per heavy atom. The number of methoxy groups -OCH3 is 1. The Morgan fingerprint density at radius 2 is 2.08 bits per heavy atom. The molecule has 0 fully saturated rings. The van der Waals surface area contributed by atoms with Crippen molar-refractivity contribution in [3.8, 4) is 0 Å². The molecule has 0 unspecified atom stereocenters. The summed E-state index contributed by atoms with van der Waals surface area (Å²) in [4.78, 5) is 0. The highest BCUT2D eigenvalue weighted by atomic mass is 35.5. The molecule has 1 rings (SSSR count). The largest absolute Gasteiger partial charge is 0.436 e. The highest BCUT2D eigenvalue weighted by molar-refractivity contribution is 6.45. The van der Waals surface area contributed by atoms with Gasteiger partial charge in [-0.3, -0.25) is 0 Å². The molecule has 0 N–H and O–H groups in total. The van der Waals surface area contributed by atoms with Gasteiger partial charge in [0.2, 0.25) is 0 Å². The summed E-state index contributed by atoms with van der Waals surface area (Å²) >= 11 is 5.36. The molecule has 0 aromatic carbocycles. The number of hydrogen-bond acceptors (Lipinski definition) is 2. The smallest absolute Gasteiger partial charge is 0.378 e. The van der Waals surface area contributed by atoms with Crippen molar-refractivity contribution in [1.29, 1.82) is 0 Å². The van der Waals surface area contributed by atoms with Gasteiger partial charge in [-0.25, -0.2) is 0 Å². The highest BCUT2D eigenvalue weighted by Crippen LogP contribution is 2.29. The summed E-state index contributed by atoms with van der Waals surface area (Å²) in [7, 11) is 1.33. The van der Waals surface area contributed by atoms with Crippen LogP contribution in [0.2, 0.25) is 0 Å². The summed E-state index contributed by atoms with van der Waals surface area (Å²) in [6, 6.07) is 0. The van der Waals surface area contributed by atoms with Gasteiger partial charge in [0.1, 0.15) is 5.70 Å². The molecule has 1 radical (unpaired) electrons. The average molecular weight is 214 g/mol. The molecular formula is C6H5ClF3N2O. The molecule has 0 amide bonds. The predicted octanol–water partition coefficient (Wildman–Crippen LogP) is 1.62. The number of nitrogens with zero attached hydrogens (tertiary/aromatic N) is 2. The topological polar surface area (TPSA) is 35.7 Å². The number of allylic oxidation sites excluding steroid dienone is 1. The summed E-state index contributed by atoms with van der Waals surface area (Å²) < 4.78 is 40.8. The zero-order valence-corrected chi connectivity index (χ0v) is 7.28. The minimum Gasteiger partial charge on any atom is -0.378 e. The molecule has 3 nitrogen and oxygen atoms in total. The van der Waals surface area contributed by atoms with Crippen molar-refractivity contribution >= 4 is 17.3 Å². The Kier molecular flexibility index (Phi) is 2.82. The molecule has 0 aliphatic carbocycles. The lowest BCUT2D eigenvalue weighted by Gasteiger charge is -2.03. The van der Waals surface area contributed by atoms with Crippen LogP contribution in [-0.4, -0.2) is 25.6 Å². The summed E-state index contributed by atoms with van der Waals surface area (Å²) in [6.45, 7) is -0.0814. The fourth-order valence-electron chi connectivity index (χ4n) is 0.745. The molecule has 0 aromatic rings. The van der Waals surface area contributed by atoms with Gasteiger partial charge < -0.3 is 4.74 Å². The molecule has 1 aliphatic rings. The zero-order valence-electron chi connectivity index (χ0n) is 6.52. The molecule has 1 aliphatic heterocycles. The molecule has 1 heterocycles. The van der Waals surface area contributed by atoms with Gasteiger partial charge >= 0.3 is 6.18 Å². The predicted molar refractivity (Wildman–Crippen MR) is 40.4 cm³/mol. The van der Waals surface area contributed by atoms with Gasteiger partial charge in [-0.2, -0.15) is 18.6 Å². The summed E-state index contributed by atoms with van der Waals surface area (Å²) in [5.41, 5.74) is 2.08. The molecule has 13 heavy (non-hydrogen) atoms. The van der Waals surface area contributed by atoms with Crippen molar-refractivity contribution in [2.24, 2.45) is 5.10 Å². The lowest BCUT2D eigenvalue weighted by Crippen LogP contribution is -2.21. The van der Waals surface area contributed by atoms with Crippen LogP contribution in [0, 0.1) is 0 Å². The van der Waals surface area contributed by atoms with E-state index in [1.807, 2.05) is 0 Å². The third-order valence-corrected chi connectivity index (χ3v) is 1.68. The van der Waals surface area contributed by atoms with Crippen molar-refractivity contribution in [3.05, 3.63) is 10.7 Å². The van der Waals surface area contributed by atoms with Crippen molar-refractivity contribution in [2.45, 2.75) is 6.18 Å². The second kappa shape index (κ2) is 3.55. The Morgan fingerprint density at radius 3 is 2.46 bits per heavy atom. The highest BCUT2D eigenvalue weighted by Gasteiger charge is 2.42. The summed E-state index contributed by atoms with van der Waals surface area (Å²) in [5.74, 6) is 0. The second-order valence-electron chi connectivity index (χ2n) is 2.24. The van der Waals surface area contributed by atoms with Crippen LogP contribution in [0.4, 0.5) is 13.2 Å². The van der Waals surface area contributed by atoms with Crippen molar-refractivity contribution < 1.29 is 17.9 Å². The van der Waals surface area contributed by atoms with Crippen LogP contribution in [0.5, 0.6) is 0 Å². The Labute approximate surface area is 77.2 Å². The lowest BCUT2D eigenvalue weighted by atomic mass is 10.3. The van der Waals surface area contributed by atoms with E-state index in [9.17, 15) is 13.2 Å². The molecule has 0 saturated heterocycles. The van der Waals surface area contributed by atoms with Crippen LogP contribution in [0.25, 0.3) is 0 Å². The van der Waals surface area contributed by atoms with Gasteiger partial charge in [-0.1, -0.05) is 11.6 Å². The quantitative estimate of drug-likeness (QED) is 0.687. The first-order chi connectivity index (χ1) is 5.96. The summed E-state index contributed by atoms with van der Waals surface area (Å²) in [5, 5.41) is 2.43. The van der Waals surface area contributed by atoms with E-state index in [2.05, 4.69) is 15.3 Å². The molecule has 0 saturated carbocycles. The molecule has 7 heteroatoms. The van der Waals surface area contributed by atoms with Crippen molar-refractivity contribution in [3.63, 3.8) is 0 Å². The maximum atomic E-state index is 12.1. The Hall–Kier alpha value is -0.750.